The number of nitrogens with zero attached hydrogens (tertiary/aromatic N) is 3. The molecule has 0 spiro atoms. The van der Waals surface area contributed by atoms with Crippen molar-refractivity contribution in [3.63, 3.8) is 0 Å². The lowest BCUT2D eigenvalue weighted by Gasteiger charge is -1.96. The van der Waals surface area contributed by atoms with E-state index in [9.17, 15) is 8.42 Å². The molecule has 0 saturated carbocycles. The van der Waals surface area contributed by atoms with Crippen LogP contribution >= 0.6 is 0 Å². The third-order valence-electron chi connectivity index (χ3n) is 1.82. The summed E-state index contributed by atoms with van der Waals surface area (Å²) in [6.45, 7) is 0.318. The van der Waals surface area contributed by atoms with Crippen LogP contribution in [0.1, 0.15) is 12.0 Å². The monoisotopic (exact) mass is 250 g/mol. The van der Waals surface area contributed by atoms with Gasteiger partial charge in [-0.3, -0.25) is 0 Å². The first-order chi connectivity index (χ1) is 8.04. The van der Waals surface area contributed by atoms with Gasteiger partial charge < -0.3 is 0 Å². The average Bonchev–Trinajstić information content (AvgIpc) is 2.28. The number of primary sulfonamides is 1. The molecule has 7 heteroatoms. The van der Waals surface area contributed by atoms with Gasteiger partial charge in [-0.1, -0.05) is 17.0 Å². The maximum atomic E-state index is 11.0. The van der Waals surface area contributed by atoms with Crippen molar-refractivity contribution in [2.24, 2.45) is 10.3 Å². The largest absolute Gasteiger partial charge is 0.238 e. The molecule has 0 aliphatic carbocycles. The highest BCUT2D eigenvalue weighted by molar-refractivity contribution is 7.89. The summed E-state index contributed by atoms with van der Waals surface area (Å²) in [6.07, 6.45) is 0.459. The van der Waals surface area contributed by atoms with E-state index in [1.807, 2.05) is 0 Å². The molecule has 6 nitrogen and oxygen atoms in total. The minimum atomic E-state index is -3.66. The van der Waals surface area contributed by atoms with E-state index in [1.54, 1.807) is 12.1 Å². The van der Waals surface area contributed by atoms with E-state index in [0.29, 0.717) is 18.5 Å². The highest BCUT2D eigenvalue weighted by Crippen LogP contribution is 2.07. The lowest BCUT2D eigenvalue weighted by atomic mass is 10.2. The Bertz CT molecular complexity index is 589. The number of sulfonamides is 1. The standard InChI is InChI=1S/C10H10N4O2S/c11-14-13-8-2-1-3-9-4-6-10(7-5-9)17(12,15)16/h4-7H,2,8H2,(H2,12,15,16). The third kappa shape index (κ3) is 4.57. The predicted octanol–water partition coefficient (Wildman–Crippen LogP) is 1.39. The minimum absolute atomic E-state index is 0.0529. The van der Waals surface area contributed by atoms with E-state index in [-0.39, 0.29) is 4.90 Å². The molecule has 1 rings (SSSR count). The van der Waals surface area contributed by atoms with Crippen molar-refractivity contribution in [3.8, 4) is 11.8 Å². The SMILES string of the molecule is [N-]=[N+]=NCCC#Cc1ccc(S(N)(=O)=O)cc1. The quantitative estimate of drug-likeness (QED) is 0.287. The highest BCUT2D eigenvalue weighted by Gasteiger charge is 2.05. The normalized spacial score (nSPS) is 9.94. The molecule has 0 bridgehead atoms. The van der Waals surface area contributed by atoms with Crippen molar-refractivity contribution in [2.75, 3.05) is 6.54 Å². The second kappa shape index (κ2) is 5.92. The van der Waals surface area contributed by atoms with Gasteiger partial charge in [0.15, 0.2) is 0 Å². The predicted molar refractivity (Wildman–Crippen MR) is 63.3 cm³/mol. The molecule has 0 aliphatic rings. The van der Waals surface area contributed by atoms with Gasteiger partial charge >= 0.3 is 0 Å². The van der Waals surface area contributed by atoms with Crippen LogP contribution in [0.5, 0.6) is 0 Å². The number of hydrogen-bond donors (Lipinski definition) is 1. The zero-order valence-electron chi connectivity index (χ0n) is 8.87. The summed E-state index contributed by atoms with van der Waals surface area (Å²) in [5.74, 6) is 5.61. The van der Waals surface area contributed by atoms with E-state index in [0.717, 1.165) is 0 Å². The Morgan fingerprint density at radius 3 is 2.53 bits per heavy atom. The Kier molecular flexibility index (Phi) is 4.55. The van der Waals surface area contributed by atoms with Crippen molar-refractivity contribution in [1.29, 1.82) is 0 Å². The molecule has 17 heavy (non-hydrogen) atoms. The van der Waals surface area contributed by atoms with Crippen LogP contribution in [0.2, 0.25) is 0 Å². The van der Waals surface area contributed by atoms with Crippen LogP contribution < -0.4 is 5.14 Å². The first kappa shape index (κ1) is 13.1. The maximum absolute atomic E-state index is 11.0. The number of hydrogen-bond acceptors (Lipinski definition) is 3. The van der Waals surface area contributed by atoms with Gasteiger partial charge in [0, 0.05) is 23.4 Å². The van der Waals surface area contributed by atoms with Gasteiger partial charge in [-0.2, -0.15) is 0 Å². The van der Waals surface area contributed by atoms with Crippen LogP contribution in [0.25, 0.3) is 10.4 Å². The van der Waals surface area contributed by atoms with Crippen LogP contribution in [-0.4, -0.2) is 15.0 Å². The summed E-state index contributed by atoms with van der Waals surface area (Å²) in [5, 5.41) is 8.28. The smallest absolute Gasteiger partial charge is 0.225 e. The molecule has 0 aromatic heterocycles. The summed E-state index contributed by atoms with van der Waals surface area (Å²) in [7, 11) is -3.66. The lowest BCUT2D eigenvalue weighted by Crippen LogP contribution is -2.11. The van der Waals surface area contributed by atoms with E-state index in [2.05, 4.69) is 21.9 Å². The van der Waals surface area contributed by atoms with E-state index < -0.39 is 10.0 Å². The molecule has 0 unspecified atom stereocenters. The summed E-state index contributed by atoms with van der Waals surface area (Å²) >= 11 is 0. The Balaban J connectivity index is 2.72. The molecule has 88 valence electrons. The van der Waals surface area contributed by atoms with Gasteiger partial charge in [0.1, 0.15) is 0 Å². The molecule has 2 N–H and O–H groups in total. The Morgan fingerprint density at radius 1 is 1.35 bits per heavy atom. The summed E-state index contributed by atoms with van der Waals surface area (Å²) < 4.78 is 21.9. The number of azide groups is 1. The second-order valence-corrected chi connectivity index (χ2v) is 4.64. The van der Waals surface area contributed by atoms with E-state index in [4.69, 9.17) is 10.7 Å². The first-order valence-electron chi connectivity index (χ1n) is 4.66. The molecule has 0 heterocycles. The molecular formula is C10H10N4O2S. The summed E-state index contributed by atoms with van der Waals surface area (Å²) in [6, 6.07) is 5.93. The molecule has 1 aromatic rings. The van der Waals surface area contributed by atoms with Gasteiger partial charge in [0.05, 0.1) is 4.90 Å². The molecule has 0 atom stereocenters. The van der Waals surface area contributed by atoms with Crippen LogP contribution in [-0.2, 0) is 10.0 Å². The molecule has 1 aromatic carbocycles. The molecule has 0 amide bonds. The second-order valence-electron chi connectivity index (χ2n) is 3.08. The van der Waals surface area contributed by atoms with E-state index in [1.165, 1.54) is 12.1 Å². The van der Waals surface area contributed by atoms with Crippen molar-refractivity contribution >= 4 is 10.0 Å². The van der Waals surface area contributed by atoms with Crippen molar-refractivity contribution in [1.82, 2.24) is 0 Å². The van der Waals surface area contributed by atoms with Crippen LogP contribution in [0, 0.1) is 11.8 Å². The number of rotatable bonds is 3. The Morgan fingerprint density at radius 2 is 2.00 bits per heavy atom. The summed E-state index contributed by atoms with van der Waals surface area (Å²) in [5.41, 5.74) is 8.71. The van der Waals surface area contributed by atoms with Gasteiger partial charge in [0.25, 0.3) is 0 Å². The fraction of sp³-hybridized carbons (Fsp3) is 0.200. The van der Waals surface area contributed by atoms with Gasteiger partial charge in [-0.15, -0.1) is 0 Å². The zero-order valence-corrected chi connectivity index (χ0v) is 9.68. The number of benzene rings is 1. The number of nitrogens with two attached hydrogens (primary N) is 1. The zero-order chi connectivity index (χ0) is 12.7. The summed E-state index contributed by atoms with van der Waals surface area (Å²) in [4.78, 5) is 2.65. The van der Waals surface area contributed by atoms with Crippen LogP contribution in [0.3, 0.4) is 0 Å². The van der Waals surface area contributed by atoms with Crippen molar-refractivity contribution in [2.45, 2.75) is 11.3 Å². The lowest BCUT2D eigenvalue weighted by molar-refractivity contribution is 0.598. The Hall–Kier alpha value is -2.00. The van der Waals surface area contributed by atoms with Crippen molar-refractivity contribution in [3.05, 3.63) is 40.3 Å². The molecular weight excluding hydrogens is 240 g/mol. The first-order valence-corrected chi connectivity index (χ1v) is 6.21. The average molecular weight is 250 g/mol. The fourth-order valence-electron chi connectivity index (χ4n) is 1.04. The van der Waals surface area contributed by atoms with Crippen LogP contribution in [0.4, 0.5) is 0 Å². The maximum Gasteiger partial charge on any atom is 0.238 e. The molecule has 0 radical (unpaired) electrons. The third-order valence-corrected chi connectivity index (χ3v) is 2.74. The molecule has 0 saturated heterocycles. The van der Waals surface area contributed by atoms with Crippen LogP contribution in [0.15, 0.2) is 34.3 Å². The minimum Gasteiger partial charge on any atom is -0.225 e. The molecule has 0 aliphatic heterocycles. The fourth-order valence-corrected chi connectivity index (χ4v) is 1.56. The van der Waals surface area contributed by atoms with Gasteiger partial charge in [-0.25, -0.2) is 13.6 Å². The van der Waals surface area contributed by atoms with Gasteiger partial charge in [0.2, 0.25) is 10.0 Å². The highest BCUT2D eigenvalue weighted by atomic mass is 32.2. The topological polar surface area (TPSA) is 109 Å². The van der Waals surface area contributed by atoms with Gasteiger partial charge in [-0.05, 0) is 29.8 Å². The Labute approximate surface area is 99.1 Å². The van der Waals surface area contributed by atoms with E-state index >= 15 is 0 Å². The van der Waals surface area contributed by atoms with Crippen molar-refractivity contribution < 1.29 is 8.42 Å². The molecule has 0 fully saturated rings.